The van der Waals surface area contributed by atoms with E-state index in [1.807, 2.05) is 12.1 Å². The summed E-state index contributed by atoms with van der Waals surface area (Å²) in [7, 11) is 1.59. The highest BCUT2D eigenvalue weighted by Crippen LogP contribution is 2.39. The minimum atomic E-state index is -4.50. The molecule has 3 N–H and O–H groups in total. The summed E-state index contributed by atoms with van der Waals surface area (Å²) in [6.45, 7) is 6.70. The summed E-state index contributed by atoms with van der Waals surface area (Å²) in [5.41, 5.74) is 6.40. The molecular weight excluding hydrogens is 495 g/mol. The number of anilines is 2. The zero-order valence-electron chi connectivity index (χ0n) is 22.2. The molecule has 2 fully saturated rings. The van der Waals surface area contributed by atoms with E-state index < -0.39 is 17.8 Å². The summed E-state index contributed by atoms with van der Waals surface area (Å²) in [5.74, 6) is 2.19. The molecule has 2 atom stereocenters. The van der Waals surface area contributed by atoms with Crippen LogP contribution in [0.5, 0.6) is 11.5 Å². The molecule has 10 heteroatoms. The van der Waals surface area contributed by atoms with E-state index in [2.05, 4.69) is 20.2 Å². The molecule has 1 saturated carbocycles. The molecule has 0 bridgehead atoms. The maximum atomic E-state index is 13.6. The van der Waals surface area contributed by atoms with Gasteiger partial charge < -0.3 is 20.5 Å². The highest BCUT2D eigenvalue weighted by atomic mass is 19.4. The van der Waals surface area contributed by atoms with Gasteiger partial charge >= 0.3 is 6.18 Å². The Balaban J connectivity index is 1.46. The molecule has 3 aromatic rings. The normalized spacial score (nSPS) is 19.1. The number of methoxy groups -OCH3 is 1. The average Bonchev–Trinajstić information content (AvgIpc) is 3.59. The van der Waals surface area contributed by atoms with Gasteiger partial charge in [0.2, 0.25) is 0 Å². The predicted octanol–water partition coefficient (Wildman–Crippen LogP) is 6.03. The second-order valence-corrected chi connectivity index (χ2v) is 10.4. The molecule has 1 aliphatic heterocycles. The van der Waals surface area contributed by atoms with Crippen molar-refractivity contribution in [2.45, 2.75) is 70.8 Å². The molecule has 2 aliphatic rings. The zero-order valence-corrected chi connectivity index (χ0v) is 22.2. The summed E-state index contributed by atoms with van der Waals surface area (Å²) < 4.78 is 52.7. The lowest BCUT2D eigenvalue weighted by Gasteiger charge is -2.25. The van der Waals surface area contributed by atoms with E-state index in [1.54, 1.807) is 27.0 Å². The van der Waals surface area contributed by atoms with Crippen molar-refractivity contribution in [3.63, 3.8) is 0 Å². The fourth-order valence-electron chi connectivity index (χ4n) is 5.53. The van der Waals surface area contributed by atoms with E-state index in [1.165, 1.54) is 26.2 Å². The predicted molar refractivity (Wildman–Crippen MR) is 142 cm³/mol. The first kappa shape index (κ1) is 26.3. The zero-order chi connectivity index (χ0) is 27.2. The SMILES string of the molecule is COc1cc2nc(C)nc(N[C@H](C)c3cc(N)cc(C(F)(F)F)c3C)c2cc1OC[C@@H]1CCCN1C1CC1. The Kier molecular flexibility index (Phi) is 7.02. The van der Waals surface area contributed by atoms with E-state index in [-0.39, 0.29) is 11.3 Å². The van der Waals surface area contributed by atoms with E-state index in [0.29, 0.717) is 58.3 Å². The third-order valence-corrected chi connectivity index (χ3v) is 7.56. The van der Waals surface area contributed by atoms with Gasteiger partial charge in [0, 0.05) is 29.2 Å². The molecule has 1 aliphatic carbocycles. The van der Waals surface area contributed by atoms with Crippen LogP contribution in [-0.2, 0) is 6.18 Å². The van der Waals surface area contributed by atoms with Crippen LogP contribution in [0, 0.1) is 13.8 Å². The number of benzene rings is 2. The number of nitrogen functional groups attached to an aromatic ring is 1. The van der Waals surface area contributed by atoms with Crippen LogP contribution < -0.4 is 20.5 Å². The van der Waals surface area contributed by atoms with Crippen LogP contribution in [0.25, 0.3) is 10.9 Å². The lowest BCUT2D eigenvalue weighted by Crippen LogP contribution is -2.35. The second-order valence-electron chi connectivity index (χ2n) is 10.4. The van der Waals surface area contributed by atoms with E-state index in [4.69, 9.17) is 15.2 Å². The van der Waals surface area contributed by atoms with E-state index in [0.717, 1.165) is 19.0 Å². The second kappa shape index (κ2) is 10.1. The number of hydrogen-bond donors (Lipinski definition) is 2. The molecule has 2 aromatic carbocycles. The van der Waals surface area contributed by atoms with Gasteiger partial charge in [-0.2, -0.15) is 13.2 Å². The molecule has 0 unspecified atom stereocenters. The molecule has 0 amide bonds. The first-order valence-corrected chi connectivity index (χ1v) is 13.0. The molecule has 7 nitrogen and oxygen atoms in total. The molecule has 204 valence electrons. The van der Waals surface area contributed by atoms with Crippen LogP contribution >= 0.6 is 0 Å². The van der Waals surface area contributed by atoms with Gasteiger partial charge in [-0.25, -0.2) is 9.97 Å². The van der Waals surface area contributed by atoms with Gasteiger partial charge in [-0.05, 0) is 82.3 Å². The number of alkyl halides is 3. The number of aromatic nitrogens is 2. The molecule has 38 heavy (non-hydrogen) atoms. The standard InChI is InChI=1S/C28H34F3N5O2/c1-15-21(10-18(32)11-23(15)28(29,30)31)16(2)33-27-22-12-26(25(37-4)13-24(22)34-17(3)35-27)38-14-20-6-5-9-36(20)19-7-8-19/h10-13,16,19-20H,5-9,14,32H2,1-4H3,(H,33,34,35)/t16-,20+/m1/s1. The van der Waals surface area contributed by atoms with Gasteiger partial charge in [-0.3, -0.25) is 4.90 Å². The number of hydrogen-bond acceptors (Lipinski definition) is 7. The topological polar surface area (TPSA) is 85.5 Å². The maximum Gasteiger partial charge on any atom is 0.416 e. The Morgan fingerprint density at radius 3 is 2.55 bits per heavy atom. The Morgan fingerprint density at radius 2 is 1.87 bits per heavy atom. The van der Waals surface area contributed by atoms with Gasteiger partial charge in [0.1, 0.15) is 18.2 Å². The number of ether oxygens (including phenoxy) is 2. The van der Waals surface area contributed by atoms with Gasteiger partial charge in [-0.1, -0.05) is 0 Å². The lowest BCUT2D eigenvalue weighted by molar-refractivity contribution is -0.138. The molecule has 5 rings (SSSR count). The monoisotopic (exact) mass is 529 g/mol. The molecule has 1 aromatic heterocycles. The van der Waals surface area contributed by atoms with Crippen LogP contribution in [0.15, 0.2) is 24.3 Å². The van der Waals surface area contributed by atoms with Gasteiger partial charge in [0.15, 0.2) is 11.5 Å². The van der Waals surface area contributed by atoms with Crippen molar-refractivity contribution in [2.75, 3.05) is 31.3 Å². The van der Waals surface area contributed by atoms with Gasteiger partial charge in [-0.15, -0.1) is 0 Å². The third-order valence-electron chi connectivity index (χ3n) is 7.56. The van der Waals surface area contributed by atoms with Crippen LogP contribution in [0.4, 0.5) is 24.7 Å². The summed E-state index contributed by atoms with van der Waals surface area (Å²) in [6, 6.07) is 6.77. The highest BCUT2D eigenvalue weighted by Gasteiger charge is 2.37. The van der Waals surface area contributed by atoms with Gasteiger partial charge in [0.05, 0.1) is 24.2 Å². The maximum absolute atomic E-state index is 13.6. The third kappa shape index (κ3) is 5.32. The van der Waals surface area contributed by atoms with Crippen LogP contribution in [-0.4, -0.2) is 47.2 Å². The lowest BCUT2D eigenvalue weighted by atomic mass is 9.96. The smallest absolute Gasteiger partial charge is 0.416 e. The number of nitrogens with zero attached hydrogens (tertiary/aromatic N) is 3. The summed E-state index contributed by atoms with van der Waals surface area (Å²) in [6.07, 6.45) is 0.313. The van der Waals surface area contributed by atoms with Crippen LogP contribution in [0.3, 0.4) is 0 Å². The minimum absolute atomic E-state index is 0.0582. The fourth-order valence-corrected chi connectivity index (χ4v) is 5.53. The van der Waals surface area contributed by atoms with E-state index >= 15 is 0 Å². The van der Waals surface area contributed by atoms with Crippen molar-refractivity contribution in [2.24, 2.45) is 0 Å². The van der Waals surface area contributed by atoms with Crippen molar-refractivity contribution < 1.29 is 22.6 Å². The number of likely N-dealkylation sites (tertiary alicyclic amines) is 1. The Hall–Kier alpha value is -3.27. The molecule has 2 heterocycles. The van der Waals surface area contributed by atoms with Crippen molar-refractivity contribution in [1.29, 1.82) is 0 Å². The molecular formula is C28H34F3N5O2. The minimum Gasteiger partial charge on any atom is -0.493 e. The molecule has 0 radical (unpaired) electrons. The first-order chi connectivity index (χ1) is 18.0. The average molecular weight is 530 g/mol. The number of halogens is 3. The molecule has 1 saturated heterocycles. The van der Waals surface area contributed by atoms with Crippen molar-refractivity contribution >= 4 is 22.4 Å². The van der Waals surface area contributed by atoms with Gasteiger partial charge in [0.25, 0.3) is 0 Å². The quantitative estimate of drug-likeness (QED) is 0.345. The van der Waals surface area contributed by atoms with Crippen LogP contribution in [0.1, 0.15) is 61.2 Å². The van der Waals surface area contributed by atoms with Crippen LogP contribution in [0.2, 0.25) is 0 Å². The first-order valence-electron chi connectivity index (χ1n) is 13.0. The summed E-state index contributed by atoms with van der Waals surface area (Å²) >= 11 is 0. The Labute approximate surface area is 220 Å². The van der Waals surface area contributed by atoms with Crippen molar-refractivity contribution in [1.82, 2.24) is 14.9 Å². The Morgan fingerprint density at radius 1 is 1.11 bits per heavy atom. The number of fused-ring (bicyclic) bond motifs is 1. The number of nitrogens with two attached hydrogens (primary N) is 1. The molecule has 0 spiro atoms. The fraction of sp³-hybridized carbons (Fsp3) is 0.500. The largest absolute Gasteiger partial charge is 0.493 e. The van der Waals surface area contributed by atoms with E-state index in [9.17, 15) is 13.2 Å². The van der Waals surface area contributed by atoms with Crippen molar-refractivity contribution in [3.8, 4) is 11.5 Å². The number of nitrogens with one attached hydrogen (secondary N) is 1. The Bertz CT molecular complexity index is 1340. The number of rotatable bonds is 8. The summed E-state index contributed by atoms with van der Waals surface area (Å²) in [5, 5.41) is 4.00. The van der Waals surface area contributed by atoms with Crippen molar-refractivity contribution in [3.05, 3.63) is 46.8 Å². The summed E-state index contributed by atoms with van der Waals surface area (Å²) in [4.78, 5) is 11.7. The number of aryl methyl sites for hydroxylation is 1. The highest BCUT2D eigenvalue weighted by molar-refractivity contribution is 5.92.